The first-order valence-corrected chi connectivity index (χ1v) is 7.71. The van der Waals surface area contributed by atoms with Crippen molar-refractivity contribution in [2.75, 3.05) is 38.7 Å². The number of likely N-dealkylation sites (N-methyl/N-ethyl adjacent to an activating group) is 2. The first-order chi connectivity index (χ1) is 10.1. The molecule has 1 heterocycles. The van der Waals surface area contributed by atoms with Gasteiger partial charge in [-0.1, -0.05) is 13.0 Å². The fraction of sp³-hybridized carbons (Fsp3) is 0.588. The second-order valence-corrected chi connectivity index (χ2v) is 5.72. The molecule has 4 heteroatoms. The quantitative estimate of drug-likeness (QED) is 0.754. The van der Waals surface area contributed by atoms with Gasteiger partial charge in [-0.05, 0) is 45.0 Å². The molecule has 0 saturated carbocycles. The summed E-state index contributed by atoms with van der Waals surface area (Å²) in [5.74, 6) is 0.707. The average Bonchev–Trinajstić information content (AvgIpc) is 2.93. The molecule has 0 N–H and O–H groups in total. The van der Waals surface area contributed by atoms with Gasteiger partial charge in [0.15, 0.2) is 5.78 Å². The van der Waals surface area contributed by atoms with Crippen LogP contribution in [0.5, 0.6) is 5.75 Å². The Labute approximate surface area is 127 Å². The molecule has 0 aromatic heterocycles. The summed E-state index contributed by atoms with van der Waals surface area (Å²) in [7, 11) is 3.68. The van der Waals surface area contributed by atoms with Crippen LogP contribution in [-0.2, 0) is 0 Å². The van der Waals surface area contributed by atoms with E-state index in [9.17, 15) is 4.79 Å². The van der Waals surface area contributed by atoms with E-state index in [-0.39, 0.29) is 5.78 Å². The number of ether oxygens (including phenoxy) is 1. The molecule has 1 aliphatic rings. The SMILES string of the molecule is CCN1CCCC1CN(C)c1cccc(OC)c1C(C)=O. The number of hydrogen-bond acceptors (Lipinski definition) is 4. The van der Waals surface area contributed by atoms with E-state index in [1.807, 2.05) is 18.2 Å². The second-order valence-electron chi connectivity index (χ2n) is 5.72. The first-order valence-electron chi connectivity index (χ1n) is 7.71. The fourth-order valence-electron chi connectivity index (χ4n) is 3.29. The molecule has 1 aliphatic heterocycles. The van der Waals surface area contributed by atoms with Crippen LogP contribution in [0.4, 0.5) is 5.69 Å². The van der Waals surface area contributed by atoms with Gasteiger partial charge >= 0.3 is 0 Å². The summed E-state index contributed by atoms with van der Waals surface area (Å²) < 4.78 is 5.35. The van der Waals surface area contributed by atoms with Crippen LogP contribution in [0.2, 0.25) is 0 Å². The summed E-state index contributed by atoms with van der Waals surface area (Å²) in [6.07, 6.45) is 2.50. The zero-order valence-electron chi connectivity index (χ0n) is 13.6. The molecular weight excluding hydrogens is 264 g/mol. The third-order valence-corrected chi connectivity index (χ3v) is 4.38. The predicted molar refractivity (Wildman–Crippen MR) is 86.5 cm³/mol. The number of methoxy groups -OCH3 is 1. The van der Waals surface area contributed by atoms with Crippen molar-refractivity contribution in [3.05, 3.63) is 23.8 Å². The van der Waals surface area contributed by atoms with Crippen molar-refractivity contribution in [3.63, 3.8) is 0 Å². The molecule has 0 bridgehead atoms. The summed E-state index contributed by atoms with van der Waals surface area (Å²) in [4.78, 5) is 16.7. The van der Waals surface area contributed by atoms with E-state index in [1.54, 1.807) is 14.0 Å². The van der Waals surface area contributed by atoms with Gasteiger partial charge in [0.05, 0.1) is 18.4 Å². The maximum Gasteiger partial charge on any atom is 0.165 e. The molecule has 0 radical (unpaired) electrons. The van der Waals surface area contributed by atoms with Crippen LogP contribution in [0, 0.1) is 0 Å². The highest BCUT2D eigenvalue weighted by Crippen LogP contribution is 2.30. The Morgan fingerprint density at radius 1 is 1.48 bits per heavy atom. The van der Waals surface area contributed by atoms with Crippen molar-refractivity contribution in [2.24, 2.45) is 0 Å². The number of nitrogens with zero attached hydrogens (tertiary/aromatic N) is 2. The number of anilines is 1. The van der Waals surface area contributed by atoms with E-state index in [1.165, 1.54) is 19.4 Å². The Kier molecular flexibility index (Phi) is 5.23. The van der Waals surface area contributed by atoms with E-state index in [0.717, 1.165) is 18.8 Å². The van der Waals surface area contributed by atoms with Crippen LogP contribution < -0.4 is 9.64 Å². The van der Waals surface area contributed by atoms with Crippen LogP contribution >= 0.6 is 0 Å². The molecule has 1 fully saturated rings. The number of ketones is 1. The highest BCUT2D eigenvalue weighted by molar-refractivity contribution is 6.02. The van der Waals surface area contributed by atoms with Crippen LogP contribution in [0.3, 0.4) is 0 Å². The Balaban J connectivity index is 2.22. The Morgan fingerprint density at radius 2 is 2.24 bits per heavy atom. The number of benzene rings is 1. The number of hydrogen-bond donors (Lipinski definition) is 0. The lowest BCUT2D eigenvalue weighted by molar-refractivity contribution is 0.101. The second kappa shape index (κ2) is 6.94. The summed E-state index contributed by atoms with van der Waals surface area (Å²) in [5.41, 5.74) is 1.65. The van der Waals surface area contributed by atoms with Crippen molar-refractivity contribution in [3.8, 4) is 5.75 Å². The third-order valence-electron chi connectivity index (χ3n) is 4.38. The van der Waals surface area contributed by atoms with Gasteiger partial charge in [-0.3, -0.25) is 9.69 Å². The van der Waals surface area contributed by atoms with Crippen molar-refractivity contribution < 1.29 is 9.53 Å². The number of rotatable bonds is 6. The van der Waals surface area contributed by atoms with Gasteiger partial charge in [0.2, 0.25) is 0 Å². The summed E-state index contributed by atoms with van der Waals surface area (Å²) in [6.45, 7) is 7.04. The average molecular weight is 290 g/mol. The maximum atomic E-state index is 12.0. The standard InChI is InChI=1S/C17H26N2O2/c1-5-19-11-7-8-14(19)12-18(3)15-9-6-10-16(21-4)17(15)13(2)20/h6,9-10,14H,5,7-8,11-12H2,1-4H3. The topological polar surface area (TPSA) is 32.8 Å². The van der Waals surface area contributed by atoms with Crippen LogP contribution in [0.1, 0.15) is 37.0 Å². The smallest absolute Gasteiger partial charge is 0.165 e. The van der Waals surface area contributed by atoms with Gasteiger partial charge in [0.25, 0.3) is 0 Å². The summed E-state index contributed by atoms with van der Waals surface area (Å²) in [6, 6.07) is 6.38. The molecule has 116 valence electrons. The molecule has 1 atom stereocenters. The zero-order valence-corrected chi connectivity index (χ0v) is 13.6. The van der Waals surface area contributed by atoms with Crippen LogP contribution in [-0.4, -0.2) is 50.5 Å². The number of likely N-dealkylation sites (tertiary alicyclic amines) is 1. The molecule has 0 aliphatic carbocycles. The largest absolute Gasteiger partial charge is 0.496 e. The minimum atomic E-state index is 0.0491. The molecule has 1 aromatic rings. The number of Topliss-reactive ketones (excluding diaryl/α,β-unsaturated/α-hetero) is 1. The fourth-order valence-corrected chi connectivity index (χ4v) is 3.29. The molecule has 4 nitrogen and oxygen atoms in total. The zero-order chi connectivity index (χ0) is 15.4. The highest BCUT2D eigenvalue weighted by atomic mass is 16.5. The van der Waals surface area contributed by atoms with Crippen molar-refractivity contribution in [1.82, 2.24) is 4.90 Å². The van der Waals surface area contributed by atoms with E-state index < -0.39 is 0 Å². The maximum absolute atomic E-state index is 12.0. The van der Waals surface area contributed by atoms with Crippen LogP contribution in [0.25, 0.3) is 0 Å². The Morgan fingerprint density at radius 3 is 2.86 bits per heavy atom. The molecule has 0 amide bonds. The number of carbonyl (C=O) groups is 1. The van der Waals surface area contributed by atoms with E-state index in [4.69, 9.17) is 4.74 Å². The molecule has 21 heavy (non-hydrogen) atoms. The van der Waals surface area contributed by atoms with E-state index in [2.05, 4.69) is 23.8 Å². The minimum absolute atomic E-state index is 0.0491. The Bertz CT molecular complexity index is 502. The van der Waals surface area contributed by atoms with Gasteiger partial charge in [0.1, 0.15) is 5.75 Å². The molecule has 2 rings (SSSR count). The highest BCUT2D eigenvalue weighted by Gasteiger charge is 2.25. The molecule has 0 spiro atoms. The molecule has 1 unspecified atom stereocenters. The third kappa shape index (κ3) is 3.38. The van der Waals surface area contributed by atoms with Gasteiger partial charge in [-0.25, -0.2) is 0 Å². The van der Waals surface area contributed by atoms with Gasteiger partial charge < -0.3 is 9.64 Å². The summed E-state index contributed by atoms with van der Waals surface area (Å²) >= 11 is 0. The normalized spacial score (nSPS) is 18.8. The molecular formula is C17H26N2O2. The minimum Gasteiger partial charge on any atom is -0.496 e. The number of carbonyl (C=O) groups excluding carboxylic acids is 1. The predicted octanol–water partition coefficient (Wildman–Crippen LogP) is 2.82. The van der Waals surface area contributed by atoms with Gasteiger partial charge in [-0.2, -0.15) is 0 Å². The van der Waals surface area contributed by atoms with Crippen molar-refractivity contribution in [1.29, 1.82) is 0 Å². The monoisotopic (exact) mass is 290 g/mol. The first kappa shape index (κ1) is 15.8. The van der Waals surface area contributed by atoms with Crippen molar-refractivity contribution >= 4 is 11.5 Å². The Hall–Kier alpha value is -1.55. The van der Waals surface area contributed by atoms with Crippen LogP contribution in [0.15, 0.2) is 18.2 Å². The lowest BCUT2D eigenvalue weighted by Crippen LogP contribution is -2.39. The molecule has 1 saturated heterocycles. The lowest BCUT2D eigenvalue weighted by atomic mass is 10.1. The lowest BCUT2D eigenvalue weighted by Gasteiger charge is -2.30. The molecule has 1 aromatic carbocycles. The van der Waals surface area contributed by atoms with E-state index >= 15 is 0 Å². The van der Waals surface area contributed by atoms with Gasteiger partial charge in [-0.15, -0.1) is 0 Å². The van der Waals surface area contributed by atoms with E-state index in [0.29, 0.717) is 17.4 Å². The summed E-state index contributed by atoms with van der Waals surface area (Å²) in [5, 5.41) is 0. The van der Waals surface area contributed by atoms with Gasteiger partial charge in [0, 0.05) is 19.6 Å². The van der Waals surface area contributed by atoms with Crippen molar-refractivity contribution in [2.45, 2.75) is 32.7 Å².